The number of hydrogen-bond acceptors (Lipinski definition) is 6. The van der Waals surface area contributed by atoms with Crippen LogP contribution in [0.15, 0.2) is 22.7 Å². The molecule has 0 saturated carbocycles. The lowest BCUT2D eigenvalue weighted by molar-refractivity contribution is 0.00781. The molecule has 1 aromatic carbocycles. The van der Waals surface area contributed by atoms with Crippen molar-refractivity contribution in [2.45, 2.75) is 13.0 Å². The monoisotopic (exact) mass is 286 g/mol. The molecule has 5 rings (SSSR count). The van der Waals surface area contributed by atoms with Crippen LogP contribution in [0.5, 0.6) is 5.75 Å². The Balaban J connectivity index is 1.65. The Hall–Kier alpha value is -1.92. The molecule has 2 aromatic rings. The lowest BCUT2D eigenvalue weighted by Gasteiger charge is -2.46. The molecule has 21 heavy (non-hydrogen) atoms. The summed E-state index contributed by atoms with van der Waals surface area (Å²) in [5.74, 6) is 1.32. The maximum Gasteiger partial charge on any atom is 0.261 e. The van der Waals surface area contributed by atoms with Crippen LogP contribution < -0.4 is 0 Å². The van der Waals surface area contributed by atoms with Crippen LogP contribution in [0.25, 0.3) is 11.5 Å². The van der Waals surface area contributed by atoms with Gasteiger partial charge in [0, 0.05) is 32.7 Å². The topological polar surface area (TPSA) is 65.6 Å². The Morgan fingerprint density at radius 2 is 2.05 bits per heavy atom. The van der Waals surface area contributed by atoms with E-state index >= 15 is 0 Å². The van der Waals surface area contributed by atoms with Gasteiger partial charge >= 0.3 is 0 Å². The third kappa shape index (κ3) is 2.11. The summed E-state index contributed by atoms with van der Waals surface area (Å²) in [5, 5.41) is 14.3. The zero-order valence-electron chi connectivity index (χ0n) is 12.0. The van der Waals surface area contributed by atoms with Gasteiger partial charge in [-0.05, 0) is 18.6 Å². The van der Waals surface area contributed by atoms with Gasteiger partial charge in [0.1, 0.15) is 5.75 Å². The van der Waals surface area contributed by atoms with Gasteiger partial charge in [-0.25, -0.2) is 0 Å². The Morgan fingerprint density at radius 3 is 2.76 bits per heavy atom. The van der Waals surface area contributed by atoms with Gasteiger partial charge in [0.05, 0.1) is 11.6 Å². The Bertz CT molecular complexity index is 661. The zero-order valence-corrected chi connectivity index (χ0v) is 12.0. The van der Waals surface area contributed by atoms with Crippen LogP contribution in [0.4, 0.5) is 0 Å². The molecule has 0 radical (unpaired) electrons. The van der Waals surface area contributed by atoms with Crippen LogP contribution in [0.1, 0.15) is 17.4 Å². The lowest BCUT2D eigenvalue weighted by Crippen LogP contribution is -2.57. The number of benzene rings is 1. The molecule has 0 spiro atoms. The van der Waals surface area contributed by atoms with Crippen molar-refractivity contribution in [2.75, 3.05) is 32.7 Å². The van der Waals surface area contributed by atoms with Gasteiger partial charge in [0.15, 0.2) is 5.82 Å². The van der Waals surface area contributed by atoms with E-state index in [0.29, 0.717) is 11.5 Å². The van der Waals surface area contributed by atoms with Gasteiger partial charge in [0.25, 0.3) is 5.89 Å². The summed E-state index contributed by atoms with van der Waals surface area (Å²) in [4.78, 5) is 9.36. The molecular weight excluding hydrogens is 268 g/mol. The van der Waals surface area contributed by atoms with E-state index in [1.807, 2.05) is 19.1 Å². The number of aromatic hydroxyl groups is 1. The van der Waals surface area contributed by atoms with E-state index in [1.54, 1.807) is 6.07 Å². The normalized spacial score (nSPS) is 28.0. The van der Waals surface area contributed by atoms with Crippen molar-refractivity contribution in [3.63, 3.8) is 0 Å². The molecule has 6 nitrogen and oxygen atoms in total. The minimum absolute atomic E-state index is 0.206. The van der Waals surface area contributed by atoms with E-state index in [9.17, 15) is 5.11 Å². The molecule has 1 atom stereocenters. The summed E-state index contributed by atoms with van der Waals surface area (Å²) >= 11 is 0. The van der Waals surface area contributed by atoms with Crippen LogP contribution >= 0.6 is 0 Å². The number of aromatic nitrogens is 2. The van der Waals surface area contributed by atoms with Crippen LogP contribution in [-0.4, -0.2) is 57.8 Å². The summed E-state index contributed by atoms with van der Waals surface area (Å²) < 4.78 is 5.38. The van der Waals surface area contributed by atoms with Gasteiger partial charge in [-0.1, -0.05) is 17.3 Å². The Labute approximate surface area is 123 Å². The van der Waals surface area contributed by atoms with E-state index in [4.69, 9.17) is 4.52 Å². The summed E-state index contributed by atoms with van der Waals surface area (Å²) in [5.41, 5.74) is 1.41. The number of hydrogen-bond donors (Lipinski definition) is 1. The maximum atomic E-state index is 10.1. The van der Waals surface area contributed by atoms with Crippen molar-refractivity contribution in [2.24, 2.45) is 0 Å². The average molecular weight is 286 g/mol. The molecule has 3 aliphatic heterocycles. The van der Waals surface area contributed by atoms with Crippen molar-refractivity contribution in [1.29, 1.82) is 0 Å². The van der Waals surface area contributed by atoms with Crippen molar-refractivity contribution < 1.29 is 9.63 Å². The smallest absolute Gasteiger partial charge is 0.261 e. The number of para-hydroxylation sites is 1. The fourth-order valence-corrected chi connectivity index (χ4v) is 3.17. The van der Waals surface area contributed by atoms with Crippen LogP contribution in [0, 0.1) is 6.92 Å². The third-order valence-electron chi connectivity index (χ3n) is 4.49. The van der Waals surface area contributed by atoms with Gasteiger partial charge < -0.3 is 9.63 Å². The van der Waals surface area contributed by atoms with Crippen molar-refractivity contribution in [1.82, 2.24) is 19.9 Å². The second-order valence-electron chi connectivity index (χ2n) is 5.78. The second kappa shape index (κ2) is 4.82. The largest absolute Gasteiger partial charge is 0.507 e. The highest BCUT2D eigenvalue weighted by Crippen LogP contribution is 2.33. The molecule has 1 unspecified atom stereocenters. The number of fused-ring (bicyclic) bond motifs is 3. The number of rotatable bonds is 2. The standard InChI is InChI=1S/C15H18N4O2/c1-10-3-2-4-11(13(10)20)15-16-14(17-21-15)12-9-18-5-7-19(12)8-6-18/h2-4,12,20H,5-9H2,1H3. The van der Waals surface area contributed by atoms with E-state index in [-0.39, 0.29) is 11.8 Å². The molecule has 1 aromatic heterocycles. The summed E-state index contributed by atoms with van der Waals surface area (Å²) in [7, 11) is 0. The molecule has 3 fully saturated rings. The first-order valence-corrected chi connectivity index (χ1v) is 7.31. The van der Waals surface area contributed by atoms with Crippen LogP contribution in [0.3, 0.4) is 0 Å². The highest BCUT2D eigenvalue weighted by Gasteiger charge is 2.35. The van der Waals surface area contributed by atoms with Gasteiger partial charge in [-0.3, -0.25) is 9.80 Å². The SMILES string of the molecule is Cc1cccc(-c2nc(C3CN4CCN3CC4)no2)c1O. The van der Waals surface area contributed by atoms with Gasteiger partial charge in [-0.15, -0.1) is 0 Å². The highest BCUT2D eigenvalue weighted by molar-refractivity contribution is 5.64. The summed E-state index contributed by atoms with van der Waals surface area (Å²) in [6.07, 6.45) is 0. The maximum absolute atomic E-state index is 10.1. The fourth-order valence-electron chi connectivity index (χ4n) is 3.17. The fraction of sp³-hybridized carbons (Fsp3) is 0.467. The molecule has 6 heteroatoms. The quantitative estimate of drug-likeness (QED) is 0.901. The van der Waals surface area contributed by atoms with Gasteiger partial charge in [0.2, 0.25) is 0 Å². The molecular formula is C15H18N4O2. The molecule has 0 aliphatic carbocycles. The van der Waals surface area contributed by atoms with E-state index < -0.39 is 0 Å². The van der Waals surface area contributed by atoms with E-state index in [1.165, 1.54) is 0 Å². The number of nitrogens with zero attached hydrogens (tertiary/aromatic N) is 4. The van der Waals surface area contributed by atoms with Crippen molar-refractivity contribution >= 4 is 0 Å². The summed E-state index contributed by atoms with van der Waals surface area (Å²) in [6, 6.07) is 5.74. The lowest BCUT2D eigenvalue weighted by atomic mass is 10.1. The minimum Gasteiger partial charge on any atom is -0.507 e. The van der Waals surface area contributed by atoms with E-state index in [0.717, 1.165) is 44.1 Å². The minimum atomic E-state index is 0.206. The first kappa shape index (κ1) is 12.8. The first-order chi connectivity index (χ1) is 10.2. The first-order valence-electron chi connectivity index (χ1n) is 7.31. The van der Waals surface area contributed by atoms with E-state index in [2.05, 4.69) is 19.9 Å². The van der Waals surface area contributed by atoms with Crippen LogP contribution in [-0.2, 0) is 0 Å². The highest BCUT2D eigenvalue weighted by atomic mass is 16.5. The average Bonchev–Trinajstić information content (AvgIpc) is 3.01. The van der Waals surface area contributed by atoms with Crippen molar-refractivity contribution in [3.8, 4) is 17.2 Å². The van der Waals surface area contributed by atoms with Gasteiger partial charge in [-0.2, -0.15) is 4.98 Å². The molecule has 4 heterocycles. The second-order valence-corrected chi connectivity index (χ2v) is 5.78. The number of phenols is 1. The number of piperazine rings is 3. The van der Waals surface area contributed by atoms with Crippen LogP contribution in [0.2, 0.25) is 0 Å². The third-order valence-corrected chi connectivity index (χ3v) is 4.49. The zero-order chi connectivity index (χ0) is 14.4. The number of aryl methyl sites for hydroxylation is 1. The Kier molecular flexibility index (Phi) is 2.94. The molecule has 1 N–H and O–H groups in total. The summed E-state index contributed by atoms with van der Waals surface area (Å²) in [6.45, 7) is 7.18. The molecule has 110 valence electrons. The predicted octanol–water partition coefficient (Wildman–Crippen LogP) is 1.42. The Morgan fingerprint density at radius 1 is 1.24 bits per heavy atom. The molecule has 3 aliphatic rings. The molecule has 3 saturated heterocycles. The molecule has 0 amide bonds. The predicted molar refractivity (Wildman–Crippen MR) is 76.9 cm³/mol. The number of phenolic OH excluding ortho intramolecular Hbond substituents is 1. The van der Waals surface area contributed by atoms with Crippen molar-refractivity contribution in [3.05, 3.63) is 29.6 Å². The molecule has 2 bridgehead atoms.